The maximum Gasteiger partial charge on any atom is 0.298 e. The molecule has 5 nitrogen and oxygen atoms in total. The van der Waals surface area contributed by atoms with E-state index < -0.39 is 0 Å². The van der Waals surface area contributed by atoms with Crippen LogP contribution in [0.25, 0.3) is 6.08 Å². The molecule has 1 saturated heterocycles. The first-order valence-corrected chi connectivity index (χ1v) is 10.1. The first-order chi connectivity index (χ1) is 13.5. The first kappa shape index (κ1) is 20.3. The third-order valence-electron chi connectivity index (χ3n) is 4.49. The van der Waals surface area contributed by atoms with Crippen LogP contribution in [-0.2, 0) is 4.79 Å². The van der Waals surface area contributed by atoms with Crippen LogP contribution in [0.2, 0.25) is 5.02 Å². The van der Waals surface area contributed by atoms with E-state index in [1.54, 1.807) is 37.5 Å². The number of methoxy groups -OCH3 is 1. The van der Waals surface area contributed by atoms with Crippen molar-refractivity contribution in [3.8, 4) is 5.75 Å². The quantitative estimate of drug-likeness (QED) is 0.587. The number of thioether (sulfide) groups is 1. The van der Waals surface area contributed by atoms with Gasteiger partial charge in [-0.15, -0.1) is 0 Å². The van der Waals surface area contributed by atoms with E-state index in [0.29, 0.717) is 21.4 Å². The fourth-order valence-electron chi connectivity index (χ4n) is 3.05. The summed E-state index contributed by atoms with van der Waals surface area (Å²) in [7, 11) is 1.59. The number of nitrogens with zero attached hydrogens (tertiary/aromatic N) is 2. The molecule has 28 heavy (non-hydrogen) atoms. The molecule has 7 heteroatoms. The second-order valence-electron chi connectivity index (χ2n) is 6.10. The molecule has 1 aliphatic rings. The Morgan fingerprint density at radius 3 is 2.54 bits per heavy atom. The summed E-state index contributed by atoms with van der Waals surface area (Å²) in [5, 5.41) is 0.117. The lowest BCUT2D eigenvalue weighted by Gasteiger charge is -2.22. The molecule has 0 N–H and O–H groups in total. The van der Waals surface area contributed by atoms with Crippen molar-refractivity contribution in [3.05, 3.63) is 58.0 Å². The highest BCUT2D eigenvalue weighted by molar-refractivity contribution is 8.19. The predicted molar refractivity (Wildman–Crippen MR) is 116 cm³/mol. The number of rotatable bonds is 6. The van der Waals surface area contributed by atoms with Crippen molar-refractivity contribution < 1.29 is 14.3 Å². The predicted octanol–water partition coefficient (Wildman–Crippen LogP) is 5.44. The topological polar surface area (TPSA) is 49.9 Å². The van der Waals surface area contributed by atoms with E-state index in [4.69, 9.17) is 16.3 Å². The molecule has 2 amide bonds. The minimum absolute atomic E-state index is 0.346. The Bertz CT molecular complexity index is 941. The minimum atomic E-state index is -0.368. The van der Waals surface area contributed by atoms with E-state index in [0.717, 1.165) is 41.0 Å². The molecule has 0 aliphatic carbocycles. The summed E-state index contributed by atoms with van der Waals surface area (Å²) in [5.41, 5.74) is 2.25. The number of halogens is 1. The molecule has 2 aromatic rings. The highest BCUT2D eigenvalue weighted by Crippen LogP contribution is 2.38. The Kier molecular flexibility index (Phi) is 6.31. The summed E-state index contributed by atoms with van der Waals surface area (Å²) in [4.78, 5) is 28.9. The summed E-state index contributed by atoms with van der Waals surface area (Å²) < 4.78 is 5.52. The molecule has 0 bridgehead atoms. The van der Waals surface area contributed by atoms with Crippen LogP contribution in [0, 0.1) is 0 Å². The Morgan fingerprint density at radius 1 is 1.14 bits per heavy atom. The van der Waals surface area contributed by atoms with Crippen molar-refractivity contribution in [2.45, 2.75) is 13.8 Å². The van der Waals surface area contributed by atoms with E-state index in [1.807, 2.05) is 18.2 Å². The van der Waals surface area contributed by atoms with Gasteiger partial charge in [-0.25, -0.2) is 4.90 Å². The fraction of sp³-hybridized carbons (Fsp3) is 0.238. The van der Waals surface area contributed by atoms with Crippen LogP contribution < -0.4 is 14.5 Å². The minimum Gasteiger partial charge on any atom is -0.496 e. The highest BCUT2D eigenvalue weighted by atomic mass is 35.5. The Hall–Kier alpha value is -2.44. The van der Waals surface area contributed by atoms with Gasteiger partial charge in [-0.2, -0.15) is 0 Å². The van der Waals surface area contributed by atoms with Crippen LogP contribution >= 0.6 is 23.4 Å². The number of carbonyl (C=O) groups is 2. The lowest BCUT2D eigenvalue weighted by atomic mass is 10.1. The molecular formula is C21H21ClN2O3S. The second kappa shape index (κ2) is 8.71. The van der Waals surface area contributed by atoms with E-state index in [1.165, 1.54) is 0 Å². The first-order valence-electron chi connectivity index (χ1n) is 8.95. The maximum atomic E-state index is 12.8. The molecule has 146 valence electrons. The van der Waals surface area contributed by atoms with Gasteiger partial charge in [0.05, 0.1) is 17.7 Å². The van der Waals surface area contributed by atoms with Gasteiger partial charge in [0.25, 0.3) is 11.1 Å². The van der Waals surface area contributed by atoms with Gasteiger partial charge in [0.1, 0.15) is 5.75 Å². The summed E-state index contributed by atoms with van der Waals surface area (Å²) in [6.45, 7) is 5.96. The van der Waals surface area contributed by atoms with Crippen LogP contribution in [0.4, 0.5) is 16.2 Å². The zero-order valence-electron chi connectivity index (χ0n) is 15.9. The summed E-state index contributed by atoms with van der Waals surface area (Å²) in [5.74, 6) is 0.283. The molecule has 0 aromatic heterocycles. The fourth-order valence-corrected chi connectivity index (χ4v) is 4.07. The largest absolute Gasteiger partial charge is 0.496 e. The van der Waals surface area contributed by atoms with Crippen LogP contribution in [0.1, 0.15) is 19.4 Å². The van der Waals surface area contributed by atoms with Gasteiger partial charge in [-0.05, 0) is 62.0 Å². The van der Waals surface area contributed by atoms with Crippen molar-refractivity contribution in [1.29, 1.82) is 0 Å². The van der Waals surface area contributed by atoms with Crippen molar-refractivity contribution in [2.24, 2.45) is 0 Å². The highest BCUT2D eigenvalue weighted by Gasteiger charge is 2.36. The van der Waals surface area contributed by atoms with Crippen molar-refractivity contribution >= 4 is 52.0 Å². The number of hydrogen-bond acceptors (Lipinski definition) is 5. The Balaban J connectivity index is 1.93. The van der Waals surface area contributed by atoms with E-state index in [2.05, 4.69) is 18.7 Å². The number of amides is 2. The van der Waals surface area contributed by atoms with Crippen LogP contribution in [0.15, 0.2) is 47.4 Å². The van der Waals surface area contributed by atoms with E-state index in [-0.39, 0.29) is 11.1 Å². The average Bonchev–Trinajstić information content (AvgIpc) is 2.97. The summed E-state index contributed by atoms with van der Waals surface area (Å²) in [6.07, 6.45) is 1.69. The van der Waals surface area contributed by atoms with Crippen LogP contribution in [0.5, 0.6) is 5.75 Å². The number of anilines is 2. The maximum absolute atomic E-state index is 12.8. The number of carbonyl (C=O) groups excluding carboxylic acids is 2. The van der Waals surface area contributed by atoms with Gasteiger partial charge in [0.15, 0.2) is 0 Å². The molecule has 2 aromatic carbocycles. The number of benzene rings is 2. The Morgan fingerprint density at radius 2 is 1.89 bits per heavy atom. The van der Waals surface area contributed by atoms with Gasteiger partial charge >= 0.3 is 0 Å². The van der Waals surface area contributed by atoms with Crippen molar-refractivity contribution in [2.75, 3.05) is 30.0 Å². The molecule has 1 heterocycles. The summed E-state index contributed by atoms with van der Waals surface area (Å²) >= 11 is 6.90. The lowest BCUT2D eigenvalue weighted by Crippen LogP contribution is -2.27. The van der Waals surface area contributed by atoms with Gasteiger partial charge in [0, 0.05) is 35.4 Å². The molecule has 0 atom stereocenters. The van der Waals surface area contributed by atoms with Gasteiger partial charge in [-0.1, -0.05) is 17.7 Å². The zero-order valence-corrected chi connectivity index (χ0v) is 17.5. The molecule has 1 fully saturated rings. The van der Waals surface area contributed by atoms with Crippen molar-refractivity contribution in [1.82, 2.24) is 0 Å². The third-order valence-corrected chi connectivity index (χ3v) is 5.60. The molecular weight excluding hydrogens is 396 g/mol. The van der Waals surface area contributed by atoms with Gasteiger partial charge in [-0.3, -0.25) is 9.59 Å². The average molecular weight is 417 g/mol. The number of hydrogen-bond donors (Lipinski definition) is 0. The SMILES string of the molecule is CCN(CC)c1ccc(/C=C2/SC(=O)N(c3cccc(Cl)c3)C2=O)c(OC)c1. The smallest absolute Gasteiger partial charge is 0.298 e. The van der Waals surface area contributed by atoms with Crippen molar-refractivity contribution in [3.63, 3.8) is 0 Å². The zero-order chi connectivity index (χ0) is 20.3. The van der Waals surface area contributed by atoms with Gasteiger partial charge < -0.3 is 9.64 Å². The third kappa shape index (κ3) is 4.03. The standard InChI is InChI=1S/C21H21ClN2O3S/c1-4-23(5-2)16-10-9-14(18(13-16)27-3)11-19-20(25)24(21(26)28-19)17-8-6-7-15(22)12-17/h6-13H,4-5H2,1-3H3/b19-11+. The summed E-state index contributed by atoms with van der Waals surface area (Å²) in [6, 6.07) is 12.5. The Labute approximate surface area is 173 Å². The number of ether oxygens (including phenoxy) is 1. The number of imide groups is 1. The molecule has 0 saturated carbocycles. The normalized spacial score (nSPS) is 15.4. The second-order valence-corrected chi connectivity index (χ2v) is 7.53. The van der Waals surface area contributed by atoms with Crippen LogP contribution in [-0.4, -0.2) is 31.3 Å². The van der Waals surface area contributed by atoms with E-state index >= 15 is 0 Å². The van der Waals surface area contributed by atoms with E-state index in [9.17, 15) is 9.59 Å². The lowest BCUT2D eigenvalue weighted by molar-refractivity contribution is -0.113. The molecule has 1 aliphatic heterocycles. The monoisotopic (exact) mass is 416 g/mol. The molecule has 3 rings (SSSR count). The van der Waals surface area contributed by atoms with Crippen LogP contribution in [0.3, 0.4) is 0 Å². The molecule has 0 spiro atoms. The molecule has 0 unspecified atom stereocenters. The van der Waals surface area contributed by atoms with Gasteiger partial charge in [0.2, 0.25) is 0 Å². The molecule has 0 radical (unpaired) electrons.